The van der Waals surface area contributed by atoms with Crippen LogP contribution in [0.25, 0.3) is 0 Å². The van der Waals surface area contributed by atoms with Crippen molar-refractivity contribution in [3.05, 3.63) is 0 Å². The van der Waals surface area contributed by atoms with Gasteiger partial charge in [-0.2, -0.15) is 5.26 Å². The van der Waals surface area contributed by atoms with Crippen molar-refractivity contribution in [1.82, 2.24) is 14.7 Å². The monoisotopic (exact) mass is 336 g/mol. The molecule has 1 N–H and O–H groups in total. The first-order valence-corrected chi connectivity index (χ1v) is 9.20. The molecule has 0 aromatic heterocycles. The van der Waals surface area contributed by atoms with Crippen molar-refractivity contribution in [1.29, 1.82) is 5.26 Å². The smallest absolute Gasteiger partial charge is 0.237 e. The fraction of sp³-hybridized carbons (Fsp3) is 0.889. The number of β-amino-alcohol motifs (C(OH)–C–C–N with tert-alkyl or cyclic N) is 1. The number of hydrogen-bond acceptors (Lipinski definition) is 5. The lowest BCUT2D eigenvalue weighted by molar-refractivity contribution is -0.136. The Labute approximate surface area is 146 Å². The lowest BCUT2D eigenvalue weighted by atomic mass is 9.81. The highest BCUT2D eigenvalue weighted by Crippen LogP contribution is 2.32. The van der Waals surface area contributed by atoms with E-state index in [1.165, 1.54) is 0 Å². The van der Waals surface area contributed by atoms with Crippen molar-refractivity contribution < 1.29 is 9.90 Å². The summed E-state index contributed by atoms with van der Waals surface area (Å²) >= 11 is 0. The van der Waals surface area contributed by atoms with E-state index in [-0.39, 0.29) is 12.0 Å². The van der Waals surface area contributed by atoms with Gasteiger partial charge in [-0.3, -0.25) is 14.6 Å². The highest BCUT2D eigenvalue weighted by atomic mass is 16.3. The predicted octanol–water partition coefficient (Wildman–Crippen LogP) is 1.06. The number of carbonyl (C=O) groups excluding carboxylic acids is 1. The van der Waals surface area contributed by atoms with E-state index in [0.717, 1.165) is 51.7 Å². The molecule has 1 heterocycles. The molecule has 6 nitrogen and oxygen atoms in total. The summed E-state index contributed by atoms with van der Waals surface area (Å²) in [6, 6.07) is 2.75. The molecule has 2 rings (SSSR count). The van der Waals surface area contributed by atoms with Gasteiger partial charge in [0.2, 0.25) is 5.91 Å². The number of piperazine rings is 1. The molecule has 6 heteroatoms. The maximum absolute atomic E-state index is 12.7. The number of aliphatic hydroxyl groups is 1. The zero-order chi connectivity index (χ0) is 17.7. The van der Waals surface area contributed by atoms with E-state index in [1.54, 1.807) is 11.9 Å². The summed E-state index contributed by atoms with van der Waals surface area (Å²) in [5.74, 6) is 0.0506. The highest BCUT2D eigenvalue weighted by molar-refractivity contribution is 5.79. The molecule has 0 aromatic rings. The van der Waals surface area contributed by atoms with E-state index < -0.39 is 5.54 Å². The van der Waals surface area contributed by atoms with Gasteiger partial charge in [0.1, 0.15) is 5.54 Å². The van der Waals surface area contributed by atoms with Crippen molar-refractivity contribution in [3.8, 4) is 6.07 Å². The third kappa shape index (κ3) is 4.47. The van der Waals surface area contributed by atoms with Gasteiger partial charge in [-0.25, -0.2) is 0 Å². The second kappa shape index (κ2) is 8.28. The van der Waals surface area contributed by atoms with Crippen LogP contribution >= 0.6 is 0 Å². The summed E-state index contributed by atoms with van der Waals surface area (Å²) in [4.78, 5) is 18.9. The Balaban J connectivity index is 1.89. The molecule has 24 heavy (non-hydrogen) atoms. The van der Waals surface area contributed by atoms with E-state index in [1.807, 2.05) is 6.92 Å². The standard InChI is InChI=1S/C18H32N4O2/c1-15-11-21(9-10-22(15)12-16(2)23)13-17(24)20(3)18(14-19)7-5-4-6-8-18/h15-16,23H,4-13H2,1-3H3/t15-,16+/m0/s1. The minimum Gasteiger partial charge on any atom is -0.392 e. The average Bonchev–Trinajstić information content (AvgIpc) is 2.57. The minimum atomic E-state index is -0.602. The number of amides is 1. The molecule has 2 fully saturated rings. The van der Waals surface area contributed by atoms with Crippen molar-refractivity contribution in [3.63, 3.8) is 0 Å². The number of nitriles is 1. The molecule has 2 aliphatic rings. The molecule has 1 aliphatic heterocycles. The maximum Gasteiger partial charge on any atom is 0.237 e. The van der Waals surface area contributed by atoms with Crippen LogP contribution in [0.3, 0.4) is 0 Å². The summed E-state index contributed by atoms with van der Waals surface area (Å²) in [7, 11) is 1.80. The van der Waals surface area contributed by atoms with Crippen molar-refractivity contribution >= 4 is 5.91 Å². The fourth-order valence-electron chi connectivity index (χ4n) is 4.02. The van der Waals surface area contributed by atoms with E-state index in [2.05, 4.69) is 22.8 Å². The first-order valence-electron chi connectivity index (χ1n) is 9.20. The fourth-order valence-corrected chi connectivity index (χ4v) is 4.02. The summed E-state index contributed by atoms with van der Waals surface area (Å²) in [6.45, 7) is 7.53. The topological polar surface area (TPSA) is 70.8 Å². The number of likely N-dealkylation sites (N-methyl/N-ethyl adjacent to an activating group) is 1. The number of rotatable bonds is 5. The Hall–Kier alpha value is -1.16. The summed E-state index contributed by atoms with van der Waals surface area (Å²) in [5, 5.41) is 19.2. The van der Waals surface area contributed by atoms with Crippen LogP contribution in [0.15, 0.2) is 0 Å². The molecule has 0 unspecified atom stereocenters. The van der Waals surface area contributed by atoms with Crippen molar-refractivity contribution in [2.45, 2.75) is 63.6 Å². The van der Waals surface area contributed by atoms with Crippen LogP contribution < -0.4 is 0 Å². The molecule has 1 amide bonds. The summed E-state index contributed by atoms with van der Waals surface area (Å²) < 4.78 is 0. The van der Waals surface area contributed by atoms with Gasteiger partial charge in [-0.05, 0) is 26.7 Å². The zero-order valence-electron chi connectivity index (χ0n) is 15.4. The van der Waals surface area contributed by atoms with Crippen molar-refractivity contribution in [2.24, 2.45) is 0 Å². The molecule has 0 bridgehead atoms. The van der Waals surface area contributed by atoms with Gasteiger partial charge < -0.3 is 10.0 Å². The number of hydrogen-bond donors (Lipinski definition) is 1. The molecule has 1 aliphatic carbocycles. The molecule has 1 saturated heterocycles. The molecule has 0 spiro atoms. The molecular formula is C18H32N4O2. The third-order valence-electron chi connectivity index (χ3n) is 5.61. The molecule has 2 atom stereocenters. The molecule has 136 valence electrons. The van der Waals surface area contributed by atoms with Crippen LogP contribution in [-0.4, -0.2) is 83.2 Å². The van der Waals surface area contributed by atoms with E-state index in [9.17, 15) is 15.2 Å². The molecule has 1 saturated carbocycles. The lowest BCUT2D eigenvalue weighted by Gasteiger charge is -2.42. The SMILES string of the molecule is C[C@@H](O)CN1CCN(CC(=O)N(C)C2(C#N)CCCCC2)C[C@@H]1C. The predicted molar refractivity (Wildman–Crippen MR) is 93.4 cm³/mol. The van der Waals surface area contributed by atoms with E-state index in [4.69, 9.17) is 0 Å². The van der Waals surface area contributed by atoms with Gasteiger partial charge in [0.15, 0.2) is 0 Å². The van der Waals surface area contributed by atoms with E-state index in [0.29, 0.717) is 19.1 Å². The van der Waals surface area contributed by atoms with Gasteiger partial charge in [0, 0.05) is 39.3 Å². The first kappa shape index (κ1) is 19.2. The second-order valence-electron chi connectivity index (χ2n) is 7.58. The third-order valence-corrected chi connectivity index (χ3v) is 5.61. The Morgan fingerprint density at radius 3 is 2.58 bits per heavy atom. The van der Waals surface area contributed by atoms with Crippen LogP contribution in [0, 0.1) is 11.3 Å². The number of carbonyl (C=O) groups is 1. The number of aliphatic hydroxyl groups excluding tert-OH is 1. The number of nitrogens with zero attached hydrogens (tertiary/aromatic N) is 4. The first-order chi connectivity index (χ1) is 11.4. The van der Waals surface area contributed by atoms with Crippen LogP contribution in [0.1, 0.15) is 46.0 Å². The summed E-state index contributed by atoms with van der Waals surface area (Å²) in [5.41, 5.74) is -0.602. The average molecular weight is 336 g/mol. The summed E-state index contributed by atoms with van der Waals surface area (Å²) in [6.07, 6.45) is 4.48. The van der Waals surface area contributed by atoms with Crippen LogP contribution in [-0.2, 0) is 4.79 Å². The lowest BCUT2D eigenvalue weighted by Crippen LogP contribution is -2.57. The molecular weight excluding hydrogens is 304 g/mol. The maximum atomic E-state index is 12.7. The zero-order valence-corrected chi connectivity index (χ0v) is 15.4. The van der Waals surface area contributed by atoms with Gasteiger partial charge in [0.25, 0.3) is 0 Å². The van der Waals surface area contributed by atoms with Gasteiger partial charge in [0.05, 0.1) is 18.7 Å². The Bertz CT molecular complexity index is 468. The van der Waals surface area contributed by atoms with E-state index >= 15 is 0 Å². The van der Waals surface area contributed by atoms with Crippen LogP contribution in [0.2, 0.25) is 0 Å². The minimum absolute atomic E-state index is 0.0506. The van der Waals surface area contributed by atoms with Crippen LogP contribution in [0.4, 0.5) is 0 Å². The van der Waals surface area contributed by atoms with Gasteiger partial charge >= 0.3 is 0 Å². The molecule has 0 radical (unpaired) electrons. The highest BCUT2D eigenvalue weighted by Gasteiger charge is 2.39. The molecule has 0 aromatic carbocycles. The Morgan fingerprint density at radius 1 is 1.38 bits per heavy atom. The van der Waals surface area contributed by atoms with Gasteiger partial charge in [-0.1, -0.05) is 19.3 Å². The Kier molecular flexibility index (Phi) is 6.62. The largest absolute Gasteiger partial charge is 0.392 e. The Morgan fingerprint density at radius 2 is 2.04 bits per heavy atom. The van der Waals surface area contributed by atoms with Crippen molar-refractivity contribution in [2.75, 3.05) is 39.8 Å². The van der Waals surface area contributed by atoms with Crippen LogP contribution in [0.5, 0.6) is 0 Å². The van der Waals surface area contributed by atoms with Gasteiger partial charge in [-0.15, -0.1) is 0 Å². The second-order valence-corrected chi connectivity index (χ2v) is 7.58. The quantitative estimate of drug-likeness (QED) is 0.813. The normalized spacial score (nSPS) is 26.5.